The zero-order chi connectivity index (χ0) is 25.7. The average Bonchev–Trinajstić information content (AvgIpc) is 3.36. The number of hydrogen-bond donors (Lipinski definition) is 1. The predicted molar refractivity (Wildman–Crippen MR) is 141 cm³/mol. The van der Waals surface area contributed by atoms with E-state index in [-0.39, 0.29) is 17.5 Å². The number of amides is 1. The van der Waals surface area contributed by atoms with Gasteiger partial charge in [0.1, 0.15) is 11.8 Å². The second-order valence-corrected chi connectivity index (χ2v) is 10.2. The van der Waals surface area contributed by atoms with Crippen molar-refractivity contribution >= 4 is 27.7 Å². The summed E-state index contributed by atoms with van der Waals surface area (Å²) in [6.45, 7) is 9.80. The van der Waals surface area contributed by atoms with Crippen LogP contribution in [0, 0.1) is 17.2 Å². The highest BCUT2D eigenvalue weighted by Gasteiger charge is 2.21. The van der Waals surface area contributed by atoms with Crippen LogP contribution >= 0.6 is 15.9 Å². The Balaban J connectivity index is 1.44. The van der Waals surface area contributed by atoms with Crippen molar-refractivity contribution in [1.82, 2.24) is 25.2 Å². The molecule has 1 aromatic carbocycles. The molecular formula is C26H30BrN7O2. The smallest absolute Gasteiger partial charge is 0.305 e. The van der Waals surface area contributed by atoms with Gasteiger partial charge in [-0.3, -0.25) is 20.1 Å². The number of nitrogens with zero attached hydrogens (tertiary/aromatic N) is 6. The van der Waals surface area contributed by atoms with Crippen molar-refractivity contribution in [2.24, 2.45) is 5.92 Å². The van der Waals surface area contributed by atoms with Crippen LogP contribution in [-0.4, -0.2) is 65.4 Å². The molecule has 9 nitrogen and oxygen atoms in total. The maximum Gasteiger partial charge on any atom is 0.305 e. The van der Waals surface area contributed by atoms with Crippen LogP contribution in [0.4, 0.5) is 5.82 Å². The quantitative estimate of drug-likeness (QED) is 0.420. The van der Waals surface area contributed by atoms with E-state index in [9.17, 15) is 10.1 Å². The lowest BCUT2D eigenvalue weighted by atomic mass is 10.1. The molecule has 188 valence electrons. The fourth-order valence-electron chi connectivity index (χ4n) is 3.98. The van der Waals surface area contributed by atoms with Crippen molar-refractivity contribution in [2.45, 2.75) is 20.4 Å². The Kier molecular flexibility index (Phi) is 8.36. The highest BCUT2D eigenvalue weighted by atomic mass is 79.9. The second kappa shape index (κ2) is 11.6. The molecule has 0 radical (unpaired) electrons. The number of nitriles is 1. The summed E-state index contributed by atoms with van der Waals surface area (Å²) in [6.07, 6.45) is 1.50. The van der Waals surface area contributed by atoms with Crippen LogP contribution < -0.4 is 10.4 Å². The minimum atomic E-state index is -0.405. The van der Waals surface area contributed by atoms with Crippen LogP contribution in [-0.2, 0) is 6.54 Å². The van der Waals surface area contributed by atoms with Gasteiger partial charge >= 0.3 is 5.91 Å². The number of carbonyl (C=O) groups is 1. The first kappa shape index (κ1) is 25.8. The number of aromatic nitrogens is 2. The molecule has 2 aromatic heterocycles. The summed E-state index contributed by atoms with van der Waals surface area (Å²) < 4.78 is 6.47. The molecule has 1 N–H and O–H groups in total. The molecule has 0 saturated carbocycles. The minimum absolute atomic E-state index is 0.0209. The normalized spacial score (nSPS) is 14.6. The van der Waals surface area contributed by atoms with Gasteiger partial charge < -0.3 is 9.32 Å². The van der Waals surface area contributed by atoms with Gasteiger partial charge in [0.25, 0.3) is 0 Å². The zero-order valence-corrected chi connectivity index (χ0v) is 22.3. The summed E-state index contributed by atoms with van der Waals surface area (Å²) in [5.41, 5.74) is 5.02. The van der Waals surface area contributed by atoms with Crippen LogP contribution in [0.25, 0.3) is 11.3 Å². The van der Waals surface area contributed by atoms with Crippen LogP contribution in [0.5, 0.6) is 0 Å². The number of halogens is 1. The summed E-state index contributed by atoms with van der Waals surface area (Å²) in [4.78, 5) is 26.1. The summed E-state index contributed by atoms with van der Waals surface area (Å²) in [5, 5.41) is 10.8. The maximum atomic E-state index is 13.0. The molecule has 1 amide bonds. The van der Waals surface area contributed by atoms with Crippen molar-refractivity contribution in [3.8, 4) is 17.4 Å². The molecule has 1 fully saturated rings. The van der Waals surface area contributed by atoms with E-state index in [0.717, 1.165) is 38.3 Å². The van der Waals surface area contributed by atoms with Gasteiger partial charge in [-0.2, -0.15) is 10.2 Å². The van der Waals surface area contributed by atoms with E-state index < -0.39 is 5.91 Å². The number of piperazine rings is 1. The summed E-state index contributed by atoms with van der Waals surface area (Å²) >= 11 is 3.41. The lowest BCUT2D eigenvalue weighted by Crippen LogP contribution is -2.45. The fourth-order valence-corrected chi connectivity index (χ4v) is 4.39. The van der Waals surface area contributed by atoms with E-state index in [2.05, 4.69) is 60.3 Å². The highest BCUT2D eigenvalue weighted by molar-refractivity contribution is 9.10. The topological polar surface area (TPSA) is 102 Å². The highest BCUT2D eigenvalue weighted by Crippen LogP contribution is 2.25. The Labute approximate surface area is 219 Å². The molecule has 1 saturated heterocycles. The van der Waals surface area contributed by atoms with Crippen molar-refractivity contribution in [3.63, 3.8) is 0 Å². The number of rotatable bonds is 8. The first-order chi connectivity index (χ1) is 17.3. The average molecular weight is 552 g/mol. The maximum absolute atomic E-state index is 13.0. The molecule has 36 heavy (non-hydrogen) atoms. The van der Waals surface area contributed by atoms with Gasteiger partial charge in [-0.25, -0.2) is 4.98 Å². The molecule has 1 aliphatic rings. The Bertz CT molecular complexity index is 1230. The van der Waals surface area contributed by atoms with Crippen molar-refractivity contribution in [2.75, 3.05) is 44.8 Å². The molecular weight excluding hydrogens is 522 g/mol. The number of carbonyl (C=O) groups excluding carboxylic acids is 1. The molecule has 10 heteroatoms. The van der Waals surface area contributed by atoms with Gasteiger partial charge in [0.05, 0.1) is 4.47 Å². The number of likely N-dealkylation sites (N-methyl/N-ethyl adjacent to an activating group) is 1. The lowest BCUT2D eigenvalue weighted by Gasteiger charge is -2.32. The monoisotopic (exact) mass is 551 g/mol. The van der Waals surface area contributed by atoms with Crippen LogP contribution in [0.15, 0.2) is 51.5 Å². The molecule has 0 bridgehead atoms. The standard InChI is InChI=1S/C26H30BrN7O2/c1-18(2)16-34(25-21(27)15-29-24(14-28)30-25)31-26(35)23-9-8-22(36-23)20-6-4-19(5-7-20)17-33-12-10-32(3)11-13-33/h4-9,15,18H,10-13,16-17H2,1-3H3,(H,31,35). The van der Waals surface area contributed by atoms with Crippen molar-refractivity contribution < 1.29 is 9.21 Å². The van der Waals surface area contributed by atoms with E-state index in [4.69, 9.17) is 4.42 Å². The van der Waals surface area contributed by atoms with Gasteiger partial charge in [-0.1, -0.05) is 38.1 Å². The number of hydrazine groups is 1. The third-order valence-electron chi connectivity index (χ3n) is 5.94. The van der Waals surface area contributed by atoms with E-state index in [0.29, 0.717) is 22.6 Å². The van der Waals surface area contributed by atoms with Gasteiger partial charge in [-0.15, -0.1) is 0 Å². The van der Waals surface area contributed by atoms with E-state index in [1.54, 1.807) is 17.1 Å². The van der Waals surface area contributed by atoms with Gasteiger partial charge in [0.15, 0.2) is 11.6 Å². The summed E-state index contributed by atoms with van der Waals surface area (Å²) in [5.74, 6) is 1.05. The van der Waals surface area contributed by atoms with Crippen LogP contribution in [0.1, 0.15) is 35.8 Å². The third-order valence-corrected chi connectivity index (χ3v) is 6.50. The van der Waals surface area contributed by atoms with Crippen LogP contribution in [0.2, 0.25) is 0 Å². The first-order valence-electron chi connectivity index (χ1n) is 11.9. The van der Waals surface area contributed by atoms with Gasteiger partial charge in [0, 0.05) is 51.0 Å². The van der Waals surface area contributed by atoms with Crippen molar-refractivity contribution in [3.05, 3.63) is 64.2 Å². The number of benzene rings is 1. The molecule has 0 spiro atoms. The predicted octanol–water partition coefficient (Wildman–Crippen LogP) is 3.93. The lowest BCUT2D eigenvalue weighted by molar-refractivity contribution is 0.0920. The number of furan rings is 1. The van der Waals surface area contributed by atoms with E-state index in [1.165, 1.54) is 11.8 Å². The second-order valence-electron chi connectivity index (χ2n) is 9.36. The number of nitrogens with one attached hydrogen (secondary N) is 1. The molecule has 0 unspecified atom stereocenters. The molecule has 4 rings (SSSR count). The Morgan fingerprint density at radius 1 is 1.19 bits per heavy atom. The first-order valence-corrected chi connectivity index (χ1v) is 12.7. The summed E-state index contributed by atoms with van der Waals surface area (Å²) in [6, 6.07) is 13.7. The summed E-state index contributed by atoms with van der Waals surface area (Å²) in [7, 11) is 2.16. The fraction of sp³-hybridized carbons (Fsp3) is 0.385. The molecule has 0 atom stereocenters. The Hall–Kier alpha value is -3.26. The van der Waals surface area contributed by atoms with E-state index >= 15 is 0 Å². The Morgan fingerprint density at radius 2 is 1.92 bits per heavy atom. The molecule has 3 aromatic rings. The van der Waals surface area contributed by atoms with Gasteiger partial charge in [0.2, 0.25) is 5.82 Å². The number of anilines is 1. The largest absolute Gasteiger partial charge is 0.451 e. The van der Waals surface area contributed by atoms with Gasteiger partial charge in [-0.05, 0) is 46.6 Å². The zero-order valence-electron chi connectivity index (χ0n) is 20.7. The SMILES string of the molecule is CC(C)CN(NC(=O)c1ccc(-c2ccc(CN3CCN(C)CC3)cc2)o1)c1nc(C#N)ncc1Br. The van der Waals surface area contributed by atoms with Crippen LogP contribution in [0.3, 0.4) is 0 Å². The number of hydrogen-bond acceptors (Lipinski definition) is 8. The molecule has 1 aliphatic heterocycles. The molecule has 0 aliphatic carbocycles. The van der Waals surface area contributed by atoms with E-state index in [1.807, 2.05) is 32.0 Å². The Morgan fingerprint density at radius 3 is 2.58 bits per heavy atom. The minimum Gasteiger partial charge on any atom is -0.451 e. The third kappa shape index (κ3) is 6.49. The van der Waals surface area contributed by atoms with Crippen molar-refractivity contribution in [1.29, 1.82) is 5.26 Å². The molecule has 3 heterocycles.